The van der Waals surface area contributed by atoms with Gasteiger partial charge in [0.25, 0.3) is 5.79 Å². The molecule has 1 aromatic carbocycles. The molecule has 0 amide bonds. The summed E-state index contributed by atoms with van der Waals surface area (Å²) >= 11 is 0. The summed E-state index contributed by atoms with van der Waals surface area (Å²) in [6, 6.07) is 9.21. The van der Waals surface area contributed by atoms with Gasteiger partial charge in [0, 0.05) is 37.5 Å². The van der Waals surface area contributed by atoms with Crippen molar-refractivity contribution >= 4 is 17.6 Å². The number of hydrogen-bond donors (Lipinski definition) is 1. The monoisotopic (exact) mass is 339 g/mol. The smallest absolute Gasteiger partial charge is 0.350 e. The molecule has 3 rings (SSSR count). The Morgan fingerprint density at radius 1 is 1.12 bits per heavy atom. The number of rotatable bonds is 3. The van der Waals surface area contributed by atoms with E-state index < -0.39 is 17.7 Å². The molecule has 7 nitrogen and oxygen atoms in total. The lowest BCUT2D eigenvalue weighted by Gasteiger charge is -2.29. The average molecular weight is 339 g/mol. The topological polar surface area (TPSA) is 90.4 Å². The molecule has 1 aliphatic rings. The lowest BCUT2D eigenvalue weighted by Crippen LogP contribution is -2.42. The molecule has 2 aromatic rings. The highest BCUT2D eigenvalue weighted by Crippen LogP contribution is 2.24. The average Bonchev–Trinajstić information content (AvgIpc) is 2.53. The van der Waals surface area contributed by atoms with Crippen molar-refractivity contribution in [3.63, 3.8) is 0 Å². The number of aryl methyl sites for hydroxylation is 1. The summed E-state index contributed by atoms with van der Waals surface area (Å²) in [7, 11) is 0. The highest BCUT2D eigenvalue weighted by molar-refractivity contribution is 6.15. The van der Waals surface area contributed by atoms with Crippen LogP contribution in [0, 0.1) is 6.92 Å². The zero-order valence-corrected chi connectivity index (χ0v) is 14.1. The van der Waals surface area contributed by atoms with E-state index in [0.717, 1.165) is 11.3 Å². The molecule has 1 aliphatic heterocycles. The SMILES string of the molecule is Cc1nccc(-c2cccc(NC=C3C(=O)OC(C)(C)OC3=O)c2)n1. The predicted molar refractivity (Wildman–Crippen MR) is 90.2 cm³/mol. The van der Waals surface area contributed by atoms with Gasteiger partial charge in [0.15, 0.2) is 5.57 Å². The third-order valence-corrected chi connectivity index (χ3v) is 3.43. The fourth-order valence-electron chi connectivity index (χ4n) is 2.32. The van der Waals surface area contributed by atoms with Crippen LogP contribution < -0.4 is 5.32 Å². The molecular weight excluding hydrogens is 322 g/mol. The van der Waals surface area contributed by atoms with Crippen molar-refractivity contribution in [2.24, 2.45) is 0 Å². The first-order valence-electron chi connectivity index (χ1n) is 7.67. The van der Waals surface area contributed by atoms with E-state index in [1.165, 1.54) is 20.0 Å². The van der Waals surface area contributed by atoms with E-state index in [1.807, 2.05) is 31.2 Å². The molecular formula is C18H17N3O4. The number of carbonyl (C=O) groups excluding carboxylic acids is 2. The lowest BCUT2D eigenvalue weighted by atomic mass is 10.1. The number of anilines is 1. The van der Waals surface area contributed by atoms with Crippen molar-refractivity contribution in [3.05, 3.63) is 54.1 Å². The standard InChI is InChI=1S/C18H17N3O4/c1-11-19-8-7-15(21-11)12-5-4-6-13(9-12)20-10-14-16(22)24-18(2,3)25-17(14)23/h4-10,20H,1-3H3. The molecule has 0 spiro atoms. The number of ether oxygens (including phenoxy) is 2. The van der Waals surface area contributed by atoms with Crippen LogP contribution in [0.25, 0.3) is 11.3 Å². The number of cyclic esters (lactones) is 2. The molecule has 0 unspecified atom stereocenters. The van der Waals surface area contributed by atoms with Crippen LogP contribution in [0.1, 0.15) is 19.7 Å². The van der Waals surface area contributed by atoms with Crippen LogP contribution in [0.2, 0.25) is 0 Å². The molecule has 0 bridgehead atoms. The van der Waals surface area contributed by atoms with E-state index in [1.54, 1.807) is 12.3 Å². The first kappa shape index (κ1) is 16.6. The van der Waals surface area contributed by atoms with Crippen LogP contribution >= 0.6 is 0 Å². The summed E-state index contributed by atoms with van der Waals surface area (Å²) in [6.07, 6.45) is 2.97. The molecule has 2 heterocycles. The number of benzene rings is 1. The molecule has 0 radical (unpaired) electrons. The van der Waals surface area contributed by atoms with E-state index >= 15 is 0 Å². The Morgan fingerprint density at radius 3 is 2.52 bits per heavy atom. The fourth-order valence-corrected chi connectivity index (χ4v) is 2.32. The Hall–Kier alpha value is -3.22. The van der Waals surface area contributed by atoms with E-state index in [2.05, 4.69) is 15.3 Å². The van der Waals surface area contributed by atoms with E-state index in [4.69, 9.17) is 9.47 Å². The van der Waals surface area contributed by atoms with E-state index in [0.29, 0.717) is 11.5 Å². The Morgan fingerprint density at radius 2 is 1.84 bits per heavy atom. The van der Waals surface area contributed by atoms with Crippen LogP contribution in [0.3, 0.4) is 0 Å². The maximum Gasteiger partial charge on any atom is 0.350 e. The second-order valence-corrected chi connectivity index (χ2v) is 5.95. The van der Waals surface area contributed by atoms with Gasteiger partial charge in [-0.1, -0.05) is 12.1 Å². The summed E-state index contributed by atoms with van der Waals surface area (Å²) in [5.41, 5.74) is 2.15. The second-order valence-electron chi connectivity index (χ2n) is 5.95. The Kier molecular flexibility index (Phi) is 4.22. The van der Waals surface area contributed by atoms with Gasteiger partial charge in [-0.3, -0.25) is 0 Å². The van der Waals surface area contributed by atoms with Crippen molar-refractivity contribution in [2.75, 3.05) is 5.32 Å². The number of nitrogens with one attached hydrogen (secondary N) is 1. The lowest BCUT2D eigenvalue weighted by molar-refractivity contribution is -0.222. The van der Waals surface area contributed by atoms with Crippen LogP contribution in [0.5, 0.6) is 0 Å². The van der Waals surface area contributed by atoms with Crippen molar-refractivity contribution < 1.29 is 19.1 Å². The number of hydrogen-bond acceptors (Lipinski definition) is 7. The third-order valence-electron chi connectivity index (χ3n) is 3.43. The predicted octanol–water partition coefficient (Wildman–Crippen LogP) is 2.58. The largest absolute Gasteiger partial charge is 0.419 e. The molecule has 0 atom stereocenters. The number of carbonyl (C=O) groups is 2. The van der Waals surface area contributed by atoms with Gasteiger partial charge in [-0.25, -0.2) is 19.6 Å². The minimum Gasteiger partial charge on any atom is -0.419 e. The number of aromatic nitrogens is 2. The van der Waals surface area contributed by atoms with Crippen LogP contribution in [0.15, 0.2) is 48.3 Å². The normalized spacial score (nSPS) is 16.0. The molecule has 0 aliphatic carbocycles. The highest BCUT2D eigenvalue weighted by Gasteiger charge is 2.38. The van der Waals surface area contributed by atoms with Crippen LogP contribution in [-0.2, 0) is 19.1 Å². The van der Waals surface area contributed by atoms with Gasteiger partial charge in [-0.2, -0.15) is 0 Å². The quantitative estimate of drug-likeness (QED) is 0.522. The van der Waals surface area contributed by atoms with Gasteiger partial charge in [0.1, 0.15) is 5.82 Å². The van der Waals surface area contributed by atoms with Gasteiger partial charge in [-0.05, 0) is 25.1 Å². The van der Waals surface area contributed by atoms with Crippen molar-refractivity contribution in [1.29, 1.82) is 0 Å². The zero-order chi connectivity index (χ0) is 18.0. The van der Waals surface area contributed by atoms with Gasteiger partial charge in [0.2, 0.25) is 0 Å². The molecule has 25 heavy (non-hydrogen) atoms. The summed E-state index contributed by atoms with van der Waals surface area (Å²) in [6.45, 7) is 4.82. The summed E-state index contributed by atoms with van der Waals surface area (Å²) < 4.78 is 10.1. The molecule has 0 saturated carbocycles. The van der Waals surface area contributed by atoms with Gasteiger partial charge in [-0.15, -0.1) is 0 Å². The highest BCUT2D eigenvalue weighted by atomic mass is 16.7. The molecule has 7 heteroatoms. The summed E-state index contributed by atoms with van der Waals surface area (Å²) in [5.74, 6) is -2.03. The summed E-state index contributed by atoms with van der Waals surface area (Å²) in [4.78, 5) is 32.3. The summed E-state index contributed by atoms with van der Waals surface area (Å²) in [5, 5.41) is 2.92. The van der Waals surface area contributed by atoms with Crippen LogP contribution in [-0.4, -0.2) is 27.7 Å². The van der Waals surface area contributed by atoms with Crippen molar-refractivity contribution in [2.45, 2.75) is 26.6 Å². The Balaban J connectivity index is 1.81. The number of esters is 2. The molecule has 1 saturated heterocycles. The van der Waals surface area contributed by atoms with Gasteiger partial charge in [0.05, 0.1) is 5.69 Å². The van der Waals surface area contributed by atoms with Crippen LogP contribution in [0.4, 0.5) is 5.69 Å². The van der Waals surface area contributed by atoms with Crippen molar-refractivity contribution in [3.8, 4) is 11.3 Å². The minimum atomic E-state index is -1.25. The molecule has 1 fully saturated rings. The minimum absolute atomic E-state index is 0.192. The first-order valence-corrected chi connectivity index (χ1v) is 7.67. The van der Waals surface area contributed by atoms with E-state index in [9.17, 15) is 9.59 Å². The van der Waals surface area contributed by atoms with Gasteiger partial charge < -0.3 is 14.8 Å². The maximum absolute atomic E-state index is 11.9. The molecule has 1 N–H and O–H groups in total. The zero-order valence-electron chi connectivity index (χ0n) is 14.1. The fraction of sp³-hybridized carbons (Fsp3) is 0.222. The Bertz CT molecular complexity index is 852. The van der Waals surface area contributed by atoms with E-state index in [-0.39, 0.29) is 5.57 Å². The molecule has 1 aromatic heterocycles. The van der Waals surface area contributed by atoms with Gasteiger partial charge >= 0.3 is 11.9 Å². The van der Waals surface area contributed by atoms with Crippen molar-refractivity contribution in [1.82, 2.24) is 9.97 Å². The first-order chi connectivity index (χ1) is 11.8. The molecule has 128 valence electrons. The second kappa shape index (κ2) is 6.35. The Labute approximate surface area is 144 Å². The number of nitrogens with zero attached hydrogens (tertiary/aromatic N) is 2. The maximum atomic E-state index is 11.9. The third kappa shape index (κ3) is 3.82.